The van der Waals surface area contributed by atoms with Crippen molar-refractivity contribution in [3.63, 3.8) is 0 Å². The van der Waals surface area contributed by atoms with Gasteiger partial charge in [0.1, 0.15) is 11.6 Å². The van der Waals surface area contributed by atoms with Crippen molar-refractivity contribution in [3.05, 3.63) is 47.5 Å². The average molecular weight is 295 g/mol. The van der Waals surface area contributed by atoms with E-state index in [1.165, 1.54) is 0 Å². The van der Waals surface area contributed by atoms with Crippen LogP contribution < -0.4 is 10.6 Å². The highest BCUT2D eigenvalue weighted by molar-refractivity contribution is 5.65. The largest absolute Gasteiger partial charge is 0.416 e. The molecule has 0 bridgehead atoms. The second-order valence-electron chi connectivity index (χ2n) is 4.67. The van der Waals surface area contributed by atoms with Gasteiger partial charge >= 0.3 is 6.18 Å². The van der Waals surface area contributed by atoms with E-state index in [0.29, 0.717) is 6.54 Å². The quantitative estimate of drug-likeness (QED) is 0.925. The van der Waals surface area contributed by atoms with Gasteiger partial charge in [0, 0.05) is 12.2 Å². The lowest BCUT2D eigenvalue weighted by molar-refractivity contribution is -0.137. The van der Waals surface area contributed by atoms with Crippen molar-refractivity contribution in [2.45, 2.75) is 20.0 Å². The fourth-order valence-electron chi connectivity index (χ4n) is 2.16. The van der Waals surface area contributed by atoms with Crippen LogP contribution in [0.25, 0.3) is 0 Å². The summed E-state index contributed by atoms with van der Waals surface area (Å²) < 4.78 is 38.7. The summed E-state index contributed by atoms with van der Waals surface area (Å²) >= 11 is 0. The molecule has 0 saturated heterocycles. The molecule has 0 radical (unpaired) electrons. The van der Waals surface area contributed by atoms with Crippen LogP contribution in [0, 0.1) is 6.92 Å². The van der Waals surface area contributed by atoms with Gasteiger partial charge in [0.05, 0.1) is 5.56 Å². The number of aryl methyl sites for hydroxylation is 1. The van der Waals surface area contributed by atoms with Gasteiger partial charge in [-0.1, -0.05) is 18.2 Å². The van der Waals surface area contributed by atoms with E-state index in [1.54, 1.807) is 4.90 Å². The second kappa shape index (κ2) is 5.63. The molecule has 2 aromatic rings. The van der Waals surface area contributed by atoms with Crippen molar-refractivity contribution in [2.24, 2.45) is 0 Å². The van der Waals surface area contributed by atoms with Gasteiger partial charge in [-0.2, -0.15) is 13.2 Å². The Morgan fingerprint density at radius 3 is 2.43 bits per heavy atom. The predicted octanol–water partition coefficient (Wildman–Crippen LogP) is 4.15. The Bertz CT molecular complexity index is 638. The maximum absolute atomic E-state index is 12.9. The number of nitrogens with two attached hydrogens (primary N) is 1. The van der Waals surface area contributed by atoms with Crippen LogP contribution in [-0.2, 0) is 6.18 Å². The zero-order valence-electron chi connectivity index (χ0n) is 11.8. The lowest BCUT2D eigenvalue weighted by atomic mass is 10.1. The van der Waals surface area contributed by atoms with Crippen molar-refractivity contribution in [2.75, 3.05) is 17.2 Å². The van der Waals surface area contributed by atoms with Gasteiger partial charge in [-0.25, -0.2) is 4.98 Å². The van der Waals surface area contributed by atoms with Gasteiger partial charge in [0.25, 0.3) is 0 Å². The van der Waals surface area contributed by atoms with Crippen molar-refractivity contribution < 1.29 is 13.2 Å². The van der Waals surface area contributed by atoms with E-state index in [2.05, 4.69) is 4.98 Å². The molecule has 2 rings (SSSR count). The number of nitrogens with zero attached hydrogens (tertiary/aromatic N) is 2. The second-order valence-corrected chi connectivity index (χ2v) is 4.67. The number of hydrogen-bond acceptors (Lipinski definition) is 3. The molecule has 0 aliphatic rings. The van der Waals surface area contributed by atoms with Gasteiger partial charge in [-0.05, 0) is 37.6 Å². The normalized spacial score (nSPS) is 11.5. The number of hydrogen-bond donors (Lipinski definition) is 1. The lowest BCUT2D eigenvalue weighted by Crippen LogP contribution is -2.20. The summed E-state index contributed by atoms with van der Waals surface area (Å²) in [5.74, 6) is 0.0472. The van der Waals surface area contributed by atoms with Crippen molar-refractivity contribution in [1.82, 2.24) is 4.98 Å². The topological polar surface area (TPSA) is 42.1 Å². The molecule has 0 atom stereocenters. The number of rotatable bonds is 3. The van der Waals surface area contributed by atoms with Gasteiger partial charge < -0.3 is 10.6 Å². The van der Waals surface area contributed by atoms with Crippen LogP contribution in [0.3, 0.4) is 0 Å². The van der Waals surface area contributed by atoms with E-state index in [-0.39, 0.29) is 11.6 Å². The standard InChI is InChI=1S/C15H16F3N3/c1-3-21(12-7-5-4-6-10(12)2)14-9-11(15(16,17)18)8-13(19)20-14/h4-9H,3H2,1-2H3,(H2,19,20). The number of nitrogen functional groups attached to an aromatic ring is 1. The highest BCUT2D eigenvalue weighted by Gasteiger charge is 2.32. The molecule has 21 heavy (non-hydrogen) atoms. The maximum atomic E-state index is 12.9. The Labute approximate surface area is 121 Å². The van der Waals surface area contributed by atoms with E-state index in [9.17, 15) is 13.2 Å². The molecule has 0 spiro atoms. The molecular formula is C15H16F3N3. The number of aromatic nitrogens is 1. The first-order valence-corrected chi connectivity index (χ1v) is 6.51. The van der Waals surface area contributed by atoms with Crippen LogP contribution in [0.15, 0.2) is 36.4 Å². The summed E-state index contributed by atoms with van der Waals surface area (Å²) in [6.45, 7) is 4.23. The molecule has 112 valence electrons. The highest BCUT2D eigenvalue weighted by Crippen LogP contribution is 2.34. The number of benzene rings is 1. The zero-order valence-corrected chi connectivity index (χ0v) is 11.8. The third-order valence-corrected chi connectivity index (χ3v) is 3.16. The molecule has 0 unspecified atom stereocenters. The molecule has 1 aromatic carbocycles. The van der Waals surface area contributed by atoms with Crippen LogP contribution in [0.4, 0.5) is 30.5 Å². The Morgan fingerprint density at radius 2 is 1.86 bits per heavy atom. The first kappa shape index (κ1) is 15.2. The summed E-state index contributed by atoms with van der Waals surface area (Å²) in [5, 5.41) is 0. The third-order valence-electron chi connectivity index (χ3n) is 3.16. The maximum Gasteiger partial charge on any atom is 0.416 e. The minimum Gasteiger partial charge on any atom is -0.384 e. The van der Waals surface area contributed by atoms with Crippen LogP contribution in [-0.4, -0.2) is 11.5 Å². The Morgan fingerprint density at radius 1 is 1.19 bits per heavy atom. The van der Waals surface area contributed by atoms with Crippen molar-refractivity contribution in [3.8, 4) is 0 Å². The van der Waals surface area contributed by atoms with Crippen LogP contribution in [0.2, 0.25) is 0 Å². The van der Waals surface area contributed by atoms with Crippen LogP contribution >= 0.6 is 0 Å². The molecule has 2 N–H and O–H groups in total. The van der Waals surface area contributed by atoms with E-state index in [4.69, 9.17) is 5.73 Å². The van der Waals surface area contributed by atoms with Crippen molar-refractivity contribution in [1.29, 1.82) is 0 Å². The molecule has 0 amide bonds. The number of alkyl halides is 3. The first-order valence-electron chi connectivity index (χ1n) is 6.51. The summed E-state index contributed by atoms with van der Waals surface area (Å²) in [7, 11) is 0. The van der Waals surface area contributed by atoms with Crippen molar-refractivity contribution >= 4 is 17.3 Å². The number of para-hydroxylation sites is 1. The minimum absolute atomic E-state index is 0.146. The Balaban J connectivity index is 2.53. The monoisotopic (exact) mass is 295 g/mol. The smallest absolute Gasteiger partial charge is 0.384 e. The third kappa shape index (κ3) is 3.26. The zero-order chi connectivity index (χ0) is 15.6. The fraction of sp³-hybridized carbons (Fsp3) is 0.267. The van der Waals surface area contributed by atoms with Gasteiger partial charge in [0.15, 0.2) is 0 Å². The molecule has 0 aliphatic carbocycles. The molecule has 1 aromatic heterocycles. The Kier molecular flexibility index (Phi) is 4.06. The molecule has 3 nitrogen and oxygen atoms in total. The van der Waals surface area contributed by atoms with Crippen LogP contribution in [0.1, 0.15) is 18.1 Å². The molecule has 0 aliphatic heterocycles. The lowest BCUT2D eigenvalue weighted by Gasteiger charge is -2.25. The summed E-state index contributed by atoms with van der Waals surface area (Å²) in [6, 6.07) is 9.32. The van der Waals surface area contributed by atoms with E-state index >= 15 is 0 Å². The molecule has 6 heteroatoms. The van der Waals surface area contributed by atoms with E-state index in [0.717, 1.165) is 23.4 Å². The summed E-state index contributed by atoms with van der Waals surface area (Å²) in [4.78, 5) is 5.75. The SMILES string of the molecule is CCN(c1cc(C(F)(F)F)cc(N)n1)c1ccccc1C. The molecule has 0 fully saturated rings. The average Bonchev–Trinajstić information content (AvgIpc) is 2.40. The number of anilines is 3. The Hall–Kier alpha value is -2.24. The summed E-state index contributed by atoms with van der Waals surface area (Å²) in [5.41, 5.74) is 6.50. The fourth-order valence-corrected chi connectivity index (χ4v) is 2.16. The summed E-state index contributed by atoms with van der Waals surface area (Å²) in [6.07, 6.45) is -4.45. The van der Waals surface area contributed by atoms with Gasteiger partial charge in [-0.3, -0.25) is 0 Å². The van der Waals surface area contributed by atoms with Gasteiger partial charge in [0.2, 0.25) is 0 Å². The highest BCUT2D eigenvalue weighted by atomic mass is 19.4. The molecule has 0 saturated carbocycles. The molecule has 1 heterocycles. The predicted molar refractivity (Wildman–Crippen MR) is 77.5 cm³/mol. The number of halogens is 3. The number of pyridine rings is 1. The first-order chi connectivity index (χ1) is 9.82. The minimum atomic E-state index is -4.45. The van der Waals surface area contributed by atoms with E-state index < -0.39 is 11.7 Å². The molecular weight excluding hydrogens is 279 g/mol. The van der Waals surface area contributed by atoms with Gasteiger partial charge in [-0.15, -0.1) is 0 Å². The van der Waals surface area contributed by atoms with Crippen LogP contribution in [0.5, 0.6) is 0 Å². The van der Waals surface area contributed by atoms with E-state index in [1.807, 2.05) is 38.1 Å².